The predicted octanol–water partition coefficient (Wildman–Crippen LogP) is 2.96. The Morgan fingerprint density at radius 1 is 1.10 bits per heavy atom. The molecule has 4 heterocycles. The summed E-state index contributed by atoms with van der Waals surface area (Å²) in [4.78, 5) is 25.0. The van der Waals surface area contributed by atoms with Crippen molar-refractivity contribution in [3.63, 3.8) is 0 Å². The van der Waals surface area contributed by atoms with E-state index in [2.05, 4.69) is 44.3 Å². The summed E-state index contributed by atoms with van der Waals surface area (Å²) in [6, 6.07) is 8.38. The second-order valence-electron chi connectivity index (χ2n) is 8.86. The molecule has 1 fully saturated rings. The van der Waals surface area contributed by atoms with Crippen LogP contribution in [0.25, 0.3) is 22.2 Å². The largest absolute Gasteiger partial charge is 0.346 e. The van der Waals surface area contributed by atoms with E-state index in [4.69, 9.17) is 0 Å². The minimum atomic E-state index is -0.348. The number of likely N-dealkylation sites (N-methyl/N-ethyl adjacent to an activating group) is 1. The number of rotatable bonds is 3. The van der Waals surface area contributed by atoms with Crippen molar-refractivity contribution < 1.29 is 4.79 Å². The van der Waals surface area contributed by atoms with Crippen LogP contribution in [0.4, 0.5) is 0 Å². The van der Waals surface area contributed by atoms with E-state index in [1.165, 1.54) is 5.56 Å². The summed E-state index contributed by atoms with van der Waals surface area (Å²) < 4.78 is 0. The predicted molar refractivity (Wildman–Crippen MR) is 115 cm³/mol. The number of amides is 1. The Hall–Kier alpha value is -2.70. The van der Waals surface area contributed by atoms with E-state index < -0.39 is 0 Å². The van der Waals surface area contributed by atoms with Crippen LogP contribution in [0, 0.1) is 0 Å². The van der Waals surface area contributed by atoms with Gasteiger partial charge in [0.05, 0.1) is 5.54 Å². The Labute approximate surface area is 170 Å². The number of aromatic amines is 1. The Balaban J connectivity index is 1.49. The summed E-state index contributed by atoms with van der Waals surface area (Å²) in [5.41, 5.74) is 5.85. The van der Waals surface area contributed by atoms with Crippen LogP contribution in [0.15, 0.2) is 36.7 Å². The lowest BCUT2D eigenvalue weighted by Crippen LogP contribution is -2.43. The maximum absolute atomic E-state index is 12.2. The number of fused-ring (bicyclic) bond motifs is 2. The van der Waals surface area contributed by atoms with Gasteiger partial charge in [0, 0.05) is 61.6 Å². The third-order valence-corrected chi connectivity index (χ3v) is 6.26. The van der Waals surface area contributed by atoms with E-state index in [0.29, 0.717) is 0 Å². The molecule has 2 aliphatic heterocycles. The molecule has 1 amide bonds. The van der Waals surface area contributed by atoms with Crippen LogP contribution in [0.1, 0.15) is 35.3 Å². The number of benzene rings is 1. The van der Waals surface area contributed by atoms with E-state index in [0.717, 1.165) is 66.0 Å². The average molecular weight is 390 g/mol. The monoisotopic (exact) mass is 389 g/mol. The topological polar surface area (TPSA) is 64.3 Å². The maximum Gasteiger partial charge on any atom is 0.252 e. The Bertz CT molecular complexity index is 1090. The van der Waals surface area contributed by atoms with E-state index in [1.807, 2.05) is 38.4 Å². The van der Waals surface area contributed by atoms with Crippen molar-refractivity contribution in [3.05, 3.63) is 53.3 Å². The first-order valence-electron chi connectivity index (χ1n) is 10.2. The number of nitrogens with one attached hydrogen (secondary N) is 2. The Kier molecular flexibility index (Phi) is 4.22. The first kappa shape index (κ1) is 18.3. The van der Waals surface area contributed by atoms with E-state index in [1.54, 1.807) is 0 Å². The smallest absolute Gasteiger partial charge is 0.252 e. The maximum atomic E-state index is 12.2. The average Bonchev–Trinajstić information content (AvgIpc) is 3.21. The molecule has 1 saturated heterocycles. The molecule has 2 N–H and O–H groups in total. The van der Waals surface area contributed by atoms with Crippen LogP contribution in [-0.2, 0) is 12.1 Å². The minimum Gasteiger partial charge on any atom is -0.346 e. The molecule has 1 aromatic carbocycles. The van der Waals surface area contributed by atoms with Gasteiger partial charge in [-0.05, 0) is 55.8 Å². The molecule has 150 valence electrons. The van der Waals surface area contributed by atoms with Crippen LogP contribution < -0.4 is 5.32 Å². The zero-order valence-corrected chi connectivity index (χ0v) is 17.2. The SMILES string of the molecule is CN1CCN(Cc2cnc3[nH]cc(-c4ccc5c(c4)C(C)(C)NC5=O)c3c2)CC1. The third kappa shape index (κ3) is 3.22. The number of nitrogens with zero attached hydrogens (tertiary/aromatic N) is 3. The van der Waals surface area contributed by atoms with Gasteiger partial charge in [0.25, 0.3) is 5.91 Å². The lowest BCUT2D eigenvalue weighted by molar-refractivity contribution is 0.0940. The molecule has 0 saturated carbocycles. The van der Waals surface area contributed by atoms with Crippen LogP contribution in [0.5, 0.6) is 0 Å². The standard InChI is InChI=1S/C23H27N5O/c1-23(2)20-11-16(4-5-17(20)22(29)26-23)19-13-25-21-18(19)10-15(12-24-21)14-28-8-6-27(3)7-9-28/h4-5,10-13H,6-9,14H2,1-3H3,(H,24,25)(H,26,29). The van der Waals surface area contributed by atoms with Gasteiger partial charge in [-0.15, -0.1) is 0 Å². The molecule has 0 radical (unpaired) electrons. The molecular weight excluding hydrogens is 362 g/mol. The second kappa shape index (κ2) is 6.68. The summed E-state index contributed by atoms with van der Waals surface area (Å²) in [6.07, 6.45) is 4.01. The zero-order valence-electron chi connectivity index (χ0n) is 17.2. The molecule has 0 unspecified atom stereocenters. The van der Waals surface area contributed by atoms with E-state index in [-0.39, 0.29) is 11.4 Å². The summed E-state index contributed by atoms with van der Waals surface area (Å²) >= 11 is 0. The van der Waals surface area contributed by atoms with Crippen molar-refractivity contribution in [1.82, 2.24) is 25.1 Å². The van der Waals surface area contributed by atoms with Gasteiger partial charge >= 0.3 is 0 Å². The summed E-state index contributed by atoms with van der Waals surface area (Å²) in [5.74, 6) is 0.00612. The van der Waals surface area contributed by atoms with Gasteiger partial charge in [0.1, 0.15) is 5.65 Å². The highest BCUT2D eigenvalue weighted by Crippen LogP contribution is 2.36. The van der Waals surface area contributed by atoms with Crippen molar-refractivity contribution in [2.45, 2.75) is 25.9 Å². The van der Waals surface area contributed by atoms with Crippen molar-refractivity contribution in [2.24, 2.45) is 0 Å². The quantitative estimate of drug-likeness (QED) is 0.723. The first-order valence-corrected chi connectivity index (χ1v) is 10.2. The molecule has 29 heavy (non-hydrogen) atoms. The number of piperazine rings is 1. The lowest BCUT2D eigenvalue weighted by atomic mass is 9.91. The number of aromatic nitrogens is 2. The van der Waals surface area contributed by atoms with Gasteiger partial charge in [-0.2, -0.15) is 0 Å². The molecule has 6 heteroatoms. The van der Waals surface area contributed by atoms with Crippen molar-refractivity contribution in [2.75, 3.05) is 33.2 Å². The molecule has 3 aromatic rings. The molecule has 0 bridgehead atoms. The van der Waals surface area contributed by atoms with Crippen LogP contribution in [-0.4, -0.2) is 58.9 Å². The summed E-state index contributed by atoms with van der Waals surface area (Å²) in [7, 11) is 2.18. The van der Waals surface area contributed by atoms with Gasteiger partial charge in [-0.3, -0.25) is 9.69 Å². The van der Waals surface area contributed by atoms with Crippen molar-refractivity contribution in [1.29, 1.82) is 0 Å². The van der Waals surface area contributed by atoms with Crippen LogP contribution >= 0.6 is 0 Å². The van der Waals surface area contributed by atoms with Crippen LogP contribution in [0.2, 0.25) is 0 Å². The molecule has 0 aliphatic carbocycles. The fourth-order valence-electron chi connectivity index (χ4n) is 4.48. The lowest BCUT2D eigenvalue weighted by Gasteiger charge is -2.32. The van der Waals surface area contributed by atoms with Crippen molar-refractivity contribution in [3.8, 4) is 11.1 Å². The number of hydrogen-bond acceptors (Lipinski definition) is 4. The molecule has 0 spiro atoms. The summed E-state index contributed by atoms with van der Waals surface area (Å²) in [5, 5.41) is 4.19. The number of carbonyl (C=O) groups is 1. The van der Waals surface area contributed by atoms with Crippen molar-refractivity contribution >= 4 is 16.9 Å². The fourth-order valence-corrected chi connectivity index (χ4v) is 4.48. The van der Waals surface area contributed by atoms with Gasteiger partial charge < -0.3 is 15.2 Å². The minimum absolute atomic E-state index is 0.00612. The number of carbonyl (C=O) groups excluding carboxylic acids is 1. The normalized spacial score (nSPS) is 19.5. The van der Waals surface area contributed by atoms with Gasteiger partial charge in [-0.25, -0.2) is 4.98 Å². The molecule has 6 nitrogen and oxygen atoms in total. The molecule has 2 aliphatic rings. The first-order chi connectivity index (χ1) is 13.9. The van der Waals surface area contributed by atoms with Crippen LogP contribution in [0.3, 0.4) is 0 Å². The number of hydrogen-bond donors (Lipinski definition) is 2. The highest BCUT2D eigenvalue weighted by Gasteiger charge is 2.35. The van der Waals surface area contributed by atoms with E-state index in [9.17, 15) is 4.79 Å². The van der Waals surface area contributed by atoms with E-state index >= 15 is 0 Å². The molecule has 5 rings (SSSR count). The highest BCUT2D eigenvalue weighted by atomic mass is 16.2. The Morgan fingerprint density at radius 3 is 2.69 bits per heavy atom. The number of pyridine rings is 1. The second-order valence-corrected chi connectivity index (χ2v) is 8.86. The number of H-pyrrole nitrogens is 1. The van der Waals surface area contributed by atoms with Gasteiger partial charge in [0.2, 0.25) is 0 Å². The fraction of sp³-hybridized carbons (Fsp3) is 0.391. The van der Waals surface area contributed by atoms with Gasteiger partial charge in [-0.1, -0.05) is 6.07 Å². The molecular formula is C23H27N5O. The summed E-state index contributed by atoms with van der Waals surface area (Å²) in [6.45, 7) is 9.43. The molecule has 2 aromatic heterocycles. The Morgan fingerprint density at radius 2 is 1.90 bits per heavy atom. The third-order valence-electron chi connectivity index (χ3n) is 6.26. The highest BCUT2D eigenvalue weighted by molar-refractivity contribution is 6.01. The zero-order chi connectivity index (χ0) is 20.2. The molecule has 0 atom stereocenters. The van der Waals surface area contributed by atoms with Gasteiger partial charge in [0.15, 0.2) is 0 Å².